The van der Waals surface area contributed by atoms with Crippen molar-refractivity contribution in [3.63, 3.8) is 0 Å². The predicted molar refractivity (Wildman–Crippen MR) is 71.7 cm³/mol. The van der Waals surface area contributed by atoms with Crippen molar-refractivity contribution < 1.29 is 0 Å². The van der Waals surface area contributed by atoms with Crippen LogP contribution in [0.5, 0.6) is 0 Å². The van der Waals surface area contributed by atoms with Crippen LogP contribution < -0.4 is 0 Å². The molecule has 0 bridgehead atoms. The number of hydrogen-bond acceptors (Lipinski definition) is 0. The van der Waals surface area contributed by atoms with E-state index in [1.54, 1.807) is 0 Å². The fourth-order valence-electron chi connectivity index (χ4n) is 1.55. The molecule has 0 spiro atoms. The Labute approximate surface area is 102 Å². The lowest BCUT2D eigenvalue weighted by atomic mass is 9.82. The zero-order valence-electron chi connectivity index (χ0n) is 10.4. The first-order valence-electron chi connectivity index (χ1n) is 5.59. The van der Waals surface area contributed by atoms with Gasteiger partial charge in [0.2, 0.25) is 0 Å². The molecular weight excluding hydrogens is 248 g/mol. The molecule has 1 aromatic rings. The molecule has 0 aliphatic carbocycles. The normalized spacial score (nSPS) is 14.0. The third-order valence-corrected chi connectivity index (χ3v) is 5.19. The van der Waals surface area contributed by atoms with Gasteiger partial charge in [0.15, 0.2) is 0 Å². The number of benzene rings is 1. The SMILES string of the molecule is CCC(C)(C)C(Br)c1ccc(C)c(C)c1. The number of halogens is 1. The Hall–Kier alpha value is -0.300. The van der Waals surface area contributed by atoms with Crippen molar-refractivity contribution in [1.29, 1.82) is 0 Å². The lowest BCUT2D eigenvalue weighted by molar-refractivity contribution is 0.346. The fourth-order valence-corrected chi connectivity index (χ4v) is 2.16. The molecule has 0 aliphatic rings. The molecule has 1 unspecified atom stereocenters. The summed E-state index contributed by atoms with van der Waals surface area (Å²) in [5.41, 5.74) is 4.45. The van der Waals surface area contributed by atoms with E-state index < -0.39 is 0 Å². The predicted octanol–water partition coefficient (Wildman–Crippen LogP) is 5.18. The summed E-state index contributed by atoms with van der Waals surface area (Å²) in [4.78, 5) is 0.439. The molecule has 84 valence electrons. The van der Waals surface area contributed by atoms with Crippen molar-refractivity contribution in [2.45, 2.75) is 45.9 Å². The Morgan fingerprint density at radius 2 is 1.80 bits per heavy atom. The minimum Gasteiger partial charge on any atom is -0.0833 e. The van der Waals surface area contributed by atoms with E-state index >= 15 is 0 Å². The van der Waals surface area contributed by atoms with Crippen LogP contribution in [0.1, 0.15) is 48.7 Å². The Kier molecular flexibility index (Phi) is 3.99. The zero-order valence-corrected chi connectivity index (χ0v) is 12.0. The van der Waals surface area contributed by atoms with Crippen LogP contribution in [0.3, 0.4) is 0 Å². The Bertz CT molecular complexity index is 339. The van der Waals surface area contributed by atoms with Crippen molar-refractivity contribution in [3.8, 4) is 0 Å². The molecule has 15 heavy (non-hydrogen) atoms. The van der Waals surface area contributed by atoms with Crippen LogP contribution in [0.4, 0.5) is 0 Å². The van der Waals surface area contributed by atoms with Crippen LogP contribution >= 0.6 is 15.9 Å². The number of hydrogen-bond donors (Lipinski definition) is 0. The first-order valence-corrected chi connectivity index (χ1v) is 6.51. The van der Waals surface area contributed by atoms with E-state index in [-0.39, 0.29) is 0 Å². The topological polar surface area (TPSA) is 0 Å². The van der Waals surface area contributed by atoms with E-state index in [9.17, 15) is 0 Å². The molecule has 0 saturated carbocycles. The van der Waals surface area contributed by atoms with Crippen molar-refractivity contribution in [2.24, 2.45) is 5.41 Å². The van der Waals surface area contributed by atoms with Crippen molar-refractivity contribution >= 4 is 15.9 Å². The summed E-state index contributed by atoms with van der Waals surface area (Å²) in [5, 5.41) is 0. The number of alkyl halides is 1. The second-order valence-corrected chi connectivity index (χ2v) is 5.96. The molecule has 1 aromatic carbocycles. The zero-order chi connectivity index (χ0) is 11.6. The maximum atomic E-state index is 3.83. The molecule has 0 amide bonds. The average molecular weight is 269 g/mol. The summed E-state index contributed by atoms with van der Waals surface area (Å²) in [6.07, 6.45) is 1.18. The van der Waals surface area contributed by atoms with Gasteiger partial charge in [0.05, 0.1) is 0 Å². The Morgan fingerprint density at radius 3 is 2.27 bits per heavy atom. The van der Waals surface area contributed by atoms with Gasteiger partial charge in [0.25, 0.3) is 0 Å². The van der Waals surface area contributed by atoms with Gasteiger partial charge >= 0.3 is 0 Å². The second-order valence-electron chi connectivity index (χ2n) is 5.05. The van der Waals surface area contributed by atoms with E-state index in [1.807, 2.05) is 0 Å². The summed E-state index contributed by atoms with van der Waals surface area (Å²) in [7, 11) is 0. The molecule has 0 fully saturated rings. The standard InChI is InChI=1S/C14H21Br/c1-6-14(4,5)13(15)12-8-7-10(2)11(3)9-12/h7-9,13H,6H2,1-5H3. The monoisotopic (exact) mass is 268 g/mol. The molecule has 0 radical (unpaired) electrons. The van der Waals surface area contributed by atoms with Crippen LogP contribution in [0.15, 0.2) is 18.2 Å². The van der Waals surface area contributed by atoms with Crippen LogP contribution in [0, 0.1) is 19.3 Å². The highest BCUT2D eigenvalue weighted by Gasteiger charge is 2.26. The van der Waals surface area contributed by atoms with Crippen LogP contribution in [-0.4, -0.2) is 0 Å². The van der Waals surface area contributed by atoms with Crippen LogP contribution in [0.2, 0.25) is 0 Å². The minimum absolute atomic E-state index is 0.307. The van der Waals surface area contributed by atoms with Gasteiger partial charge < -0.3 is 0 Å². The molecular formula is C14H21Br. The van der Waals surface area contributed by atoms with Gasteiger partial charge in [-0.2, -0.15) is 0 Å². The van der Waals surface area contributed by atoms with Gasteiger partial charge in [-0.05, 0) is 42.4 Å². The summed E-state index contributed by atoms with van der Waals surface area (Å²) < 4.78 is 0. The quantitative estimate of drug-likeness (QED) is 0.663. The lowest BCUT2D eigenvalue weighted by Crippen LogP contribution is -2.16. The molecule has 1 heteroatoms. The summed E-state index contributed by atoms with van der Waals surface area (Å²) >= 11 is 3.83. The van der Waals surface area contributed by atoms with E-state index in [0.29, 0.717) is 10.2 Å². The van der Waals surface area contributed by atoms with E-state index in [0.717, 1.165) is 0 Å². The first-order chi connectivity index (χ1) is 6.88. The second kappa shape index (κ2) is 4.69. The summed E-state index contributed by atoms with van der Waals surface area (Å²) in [5.74, 6) is 0. The van der Waals surface area contributed by atoms with E-state index in [1.165, 1.54) is 23.1 Å². The molecule has 0 saturated heterocycles. The van der Waals surface area contributed by atoms with Gasteiger partial charge in [-0.3, -0.25) is 0 Å². The molecule has 0 heterocycles. The highest BCUT2D eigenvalue weighted by molar-refractivity contribution is 9.09. The lowest BCUT2D eigenvalue weighted by Gasteiger charge is -2.29. The highest BCUT2D eigenvalue weighted by Crippen LogP contribution is 2.43. The third-order valence-electron chi connectivity index (χ3n) is 3.42. The van der Waals surface area contributed by atoms with Gasteiger partial charge in [-0.25, -0.2) is 0 Å². The molecule has 0 aromatic heterocycles. The van der Waals surface area contributed by atoms with Gasteiger partial charge in [0, 0.05) is 4.83 Å². The molecule has 0 aliphatic heterocycles. The molecule has 0 N–H and O–H groups in total. The van der Waals surface area contributed by atoms with Crippen molar-refractivity contribution in [2.75, 3.05) is 0 Å². The molecule has 0 nitrogen and oxygen atoms in total. The van der Waals surface area contributed by atoms with Crippen LogP contribution in [0.25, 0.3) is 0 Å². The summed E-state index contributed by atoms with van der Waals surface area (Å²) in [6.45, 7) is 11.2. The molecule has 1 atom stereocenters. The van der Waals surface area contributed by atoms with Crippen LogP contribution in [-0.2, 0) is 0 Å². The van der Waals surface area contributed by atoms with Gasteiger partial charge in [0.1, 0.15) is 0 Å². The third kappa shape index (κ3) is 2.84. The number of aryl methyl sites for hydroxylation is 2. The Balaban J connectivity index is 3.02. The Morgan fingerprint density at radius 1 is 1.20 bits per heavy atom. The minimum atomic E-state index is 0.307. The van der Waals surface area contributed by atoms with Crippen molar-refractivity contribution in [1.82, 2.24) is 0 Å². The van der Waals surface area contributed by atoms with E-state index in [4.69, 9.17) is 0 Å². The maximum absolute atomic E-state index is 3.83. The smallest absolute Gasteiger partial charge is 0.0446 e. The van der Waals surface area contributed by atoms with Crippen molar-refractivity contribution in [3.05, 3.63) is 34.9 Å². The first kappa shape index (κ1) is 12.8. The highest BCUT2D eigenvalue weighted by atomic mass is 79.9. The van der Waals surface area contributed by atoms with E-state index in [2.05, 4.69) is 68.7 Å². The number of rotatable bonds is 3. The largest absolute Gasteiger partial charge is 0.0833 e. The molecule has 1 rings (SSSR count). The maximum Gasteiger partial charge on any atom is 0.0446 e. The van der Waals surface area contributed by atoms with Gasteiger partial charge in [-0.1, -0.05) is 54.9 Å². The average Bonchev–Trinajstić information content (AvgIpc) is 2.21. The fraction of sp³-hybridized carbons (Fsp3) is 0.571. The summed E-state index contributed by atoms with van der Waals surface area (Å²) in [6, 6.07) is 6.75. The van der Waals surface area contributed by atoms with Gasteiger partial charge in [-0.15, -0.1) is 0 Å².